The summed E-state index contributed by atoms with van der Waals surface area (Å²) in [7, 11) is 1.51. The van der Waals surface area contributed by atoms with Crippen molar-refractivity contribution in [3.05, 3.63) is 35.9 Å². The molecule has 3 nitrogen and oxygen atoms in total. The van der Waals surface area contributed by atoms with E-state index in [1.54, 1.807) is 0 Å². The Kier molecular flexibility index (Phi) is 3.46. The van der Waals surface area contributed by atoms with E-state index >= 15 is 0 Å². The summed E-state index contributed by atoms with van der Waals surface area (Å²) in [6.07, 6.45) is -0.590. The van der Waals surface area contributed by atoms with E-state index in [-0.39, 0.29) is 5.91 Å². The third-order valence-electron chi connectivity index (χ3n) is 1.82. The molecule has 3 heteroatoms. The number of aliphatic hydroxyl groups is 1. The molecule has 0 saturated carbocycles. The molecule has 0 radical (unpaired) electrons. The molecule has 0 spiro atoms. The van der Waals surface area contributed by atoms with Gasteiger partial charge in [0.1, 0.15) is 6.10 Å². The van der Waals surface area contributed by atoms with Crippen molar-refractivity contribution in [1.29, 1.82) is 0 Å². The first-order chi connectivity index (χ1) is 6.24. The molecule has 1 atom stereocenters. The zero-order valence-corrected chi connectivity index (χ0v) is 7.53. The molecular weight excluding hydrogens is 166 g/mol. The van der Waals surface area contributed by atoms with Gasteiger partial charge in [0.2, 0.25) is 5.91 Å². The number of likely N-dealkylation sites (N-methyl/N-ethyl adjacent to an activating group) is 1. The van der Waals surface area contributed by atoms with E-state index in [2.05, 4.69) is 5.32 Å². The number of carbonyl (C=O) groups excluding carboxylic acids is 1. The van der Waals surface area contributed by atoms with Crippen LogP contribution in [0.2, 0.25) is 0 Å². The van der Waals surface area contributed by atoms with Gasteiger partial charge in [0.25, 0.3) is 0 Å². The highest BCUT2D eigenvalue weighted by atomic mass is 16.3. The van der Waals surface area contributed by atoms with Gasteiger partial charge >= 0.3 is 0 Å². The molecule has 2 N–H and O–H groups in total. The molecule has 1 amide bonds. The number of hydrogen-bond acceptors (Lipinski definition) is 2. The first-order valence-corrected chi connectivity index (χ1v) is 4.17. The molecule has 1 rings (SSSR count). The van der Waals surface area contributed by atoms with E-state index in [4.69, 9.17) is 0 Å². The molecule has 0 bridgehead atoms. The summed E-state index contributed by atoms with van der Waals surface area (Å²) in [5.74, 6) is -0.344. The minimum absolute atomic E-state index is 0.344. The molecule has 1 aromatic rings. The first-order valence-electron chi connectivity index (χ1n) is 4.17. The highest BCUT2D eigenvalue weighted by molar-refractivity contribution is 5.80. The number of carbonyl (C=O) groups is 1. The lowest BCUT2D eigenvalue weighted by Gasteiger charge is -2.08. The fourth-order valence-electron chi connectivity index (χ4n) is 1.10. The van der Waals surface area contributed by atoms with Gasteiger partial charge in [-0.25, -0.2) is 0 Å². The maximum Gasteiger partial charge on any atom is 0.248 e. The molecule has 0 aliphatic rings. The number of aliphatic hydroxyl groups excluding tert-OH is 1. The molecule has 70 valence electrons. The maximum atomic E-state index is 11.0. The van der Waals surface area contributed by atoms with Crippen LogP contribution >= 0.6 is 0 Å². The third kappa shape index (κ3) is 2.87. The highest BCUT2D eigenvalue weighted by Gasteiger charge is 2.12. The van der Waals surface area contributed by atoms with Gasteiger partial charge in [0.15, 0.2) is 0 Å². The second-order valence-electron chi connectivity index (χ2n) is 2.82. The van der Waals surface area contributed by atoms with Gasteiger partial charge in [-0.05, 0) is 5.56 Å². The molecular formula is C10H13NO2. The van der Waals surface area contributed by atoms with Crippen LogP contribution in [0.15, 0.2) is 30.3 Å². The van der Waals surface area contributed by atoms with Crippen molar-refractivity contribution in [3.63, 3.8) is 0 Å². The van der Waals surface area contributed by atoms with E-state index in [1.807, 2.05) is 30.3 Å². The zero-order chi connectivity index (χ0) is 9.68. The molecule has 0 heterocycles. The van der Waals surface area contributed by atoms with Crippen LogP contribution in [-0.2, 0) is 11.2 Å². The van der Waals surface area contributed by atoms with Crippen molar-refractivity contribution in [2.75, 3.05) is 7.05 Å². The smallest absolute Gasteiger partial charge is 0.248 e. The van der Waals surface area contributed by atoms with E-state index in [0.29, 0.717) is 6.42 Å². The molecule has 1 aromatic carbocycles. The van der Waals surface area contributed by atoms with Gasteiger partial charge in [-0.2, -0.15) is 0 Å². The summed E-state index contributed by atoms with van der Waals surface area (Å²) < 4.78 is 0. The molecule has 0 fully saturated rings. The average molecular weight is 179 g/mol. The van der Waals surface area contributed by atoms with Crippen LogP contribution in [0.1, 0.15) is 5.56 Å². The number of hydrogen-bond donors (Lipinski definition) is 2. The summed E-state index contributed by atoms with van der Waals surface area (Å²) in [6.45, 7) is 0. The summed E-state index contributed by atoms with van der Waals surface area (Å²) in [6, 6.07) is 9.42. The lowest BCUT2D eigenvalue weighted by molar-refractivity contribution is -0.128. The maximum absolute atomic E-state index is 11.0. The SMILES string of the molecule is CNC(=O)[C@@H](O)Cc1ccccc1. The number of benzene rings is 1. The Balaban J connectivity index is 2.55. The Morgan fingerprint density at radius 3 is 2.62 bits per heavy atom. The van der Waals surface area contributed by atoms with Crippen molar-refractivity contribution in [2.24, 2.45) is 0 Å². The highest BCUT2D eigenvalue weighted by Crippen LogP contribution is 2.02. The third-order valence-corrected chi connectivity index (χ3v) is 1.82. The fraction of sp³-hybridized carbons (Fsp3) is 0.300. The van der Waals surface area contributed by atoms with E-state index < -0.39 is 6.10 Å². The average Bonchev–Trinajstić information content (AvgIpc) is 2.18. The van der Waals surface area contributed by atoms with E-state index in [1.165, 1.54) is 7.05 Å². The number of amides is 1. The van der Waals surface area contributed by atoms with Crippen molar-refractivity contribution in [2.45, 2.75) is 12.5 Å². The van der Waals surface area contributed by atoms with Crippen molar-refractivity contribution in [3.8, 4) is 0 Å². The topological polar surface area (TPSA) is 49.3 Å². The lowest BCUT2D eigenvalue weighted by Crippen LogP contribution is -2.33. The van der Waals surface area contributed by atoms with Gasteiger partial charge < -0.3 is 10.4 Å². The largest absolute Gasteiger partial charge is 0.383 e. The summed E-state index contributed by atoms with van der Waals surface area (Å²) in [5, 5.41) is 11.8. The van der Waals surface area contributed by atoms with Gasteiger partial charge in [-0.3, -0.25) is 4.79 Å². The lowest BCUT2D eigenvalue weighted by atomic mass is 10.1. The predicted octanol–water partition coefficient (Wildman–Crippen LogP) is 0.336. The Labute approximate surface area is 77.4 Å². The first kappa shape index (κ1) is 9.74. The molecule has 0 unspecified atom stereocenters. The second kappa shape index (κ2) is 4.62. The quantitative estimate of drug-likeness (QED) is 0.702. The van der Waals surface area contributed by atoms with Crippen molar-refractivity contribution >= 4 is 5.91 Å². The standard InChI is InChI=1S/C10H13NO2/c1-11-10(13)9(12)7-8-5-3-2-4-6-8/h2-6,9,12H,7H2,1H3,(H,11,13)/t9-/m0/s1. The minimum Gasteiger partial charge on any atom is -0.383 e. The monoisotopic (exact) mass is 179 g/mol. The van der Waals surface area contributed by atoms with Crippen molar-refractivity contribution in [1.82, 2.24) is 5.32 Å². The van der Waals surface area contributed by atoms with Gasteiger partial charge in [0.05, 0.1) is 0 Å². The Bertz CT molecular complexity index is 272. The van der Waals surface area contributed by atoms with Crippen LogP contribution in [0.3, 0.4) is 0 Å². The number of nitrogens with one attached hydrogen (secondary N) is 1. The van der Waals surface area contributed by atoms with Crippen LogP contribution in [-0.4, -0.2) is 24.2 Å². The normalized spacial score (nSPS) is 12.2. The van der Waals surface area contributed by atoms with Crippen LogP contribution < -0.4 is 5.32 Å². The zero-order valence-electron chi connectivity index (χ0n) is 7.53. The second-order valence-corrected chi connectivity index (χ2v) is 2.82. The van der Waals surface area contributed by atoms with Gasteiger partial charge in [-0.15, -0.1) is 0 Å². The Morgan fingerprint density at radius 2 is 2.08 bits per heavy atom. The van der Waals surface area contributed by atoms with Gasteiger partial charge in [0, 0.05) is 13.5 Å². The van der Waals surface area contributed by atoms with Crippen LogP contribution in [0.25, 0.3) is 0 Å². The summed E-state index contributed by atoms with van der Waals surface area (Å²) in [5.41, 5.74) is 0.957. The van der Waals surface area contributed by atoms with Crippen LogP contribution in [0.4, 0.5) is 0 Å². The summed E-state index contributed by atoms with van der Waals surface area (Å²) >= 11 is 0. The van der Waals surface area contributed by atoms with Gasteiger partial charge in [-0.1, -0.05) is 30.3 Å². The molecule has 0 aromatic heterocycles. The van der Waals surface area contributed by atoms with E-state index in [0.717, 1.165) is 5.56 Å². The van der Waals surface area contributed by atoms with Crippen LogP contribution in [0, 0.1) is 0 Å². The molecule has 0 aliphatic heterocycles. The predicted molar refractivity (Wildman–Crippen MR) is 50.2 cm³/mol. The summed E-state index contributed by atoms with van der Waals surface area (Å²) in [4.78, 5) is 11.0. The van der Waals surface area contributed by atoms with E-state index in [9.17, 15) is 9.90 Å². The Morgan fingerprint density at radius 1 is 1.46 bits per heavy atom. The van der Waals surface area contributed by atoms with Crippen molar-refractivity contribution < 1.29 is 9.90 Å². The number of rotatable bonds is 3. The van der Waals surface area contributed by atoms with Crippen LogP contribution in [0.5, 0.6) is 0 Å². The minimum atomic E-state index is -0.951. The molecule has 0 saturated heterocycles. The fourth-order valence-corrected chi connectivity index (χ4v) is 1.10. The molecule has 0 aliphatic carbocycles. The molecule has 13 heavy (non-hydrogen) atoms. The Hall–Kier alpha value is -1.35.